The first kappa shape index (κ1) is 13.0. The van der Waals surface area contributed by atoms with Crippen LogP contribution < -0.4 is 5.32 Å². The van der Waals surface area contributed by atoms with Gasteiger partial charge in [0.2, 0.25) is 0 Å². The molecule has 1 aromatic rings. The van der Waals surface area contributed by atoms with Crippen molar-refractivity contribution in [1.29, 1.82) is 0 Å². The molecule has 16 heavy (non-hydrogen) atoms. The first-order valence-corrected chi connectivity index (χ1v) is 5.91. The molecular formula is C13H23N3. The molecule has 0 aliphatic rings. The van der Waals surface area contributed by atoms with E-state index in [0.717, 1.165) is 13.0 Å². The third-order valence-corrected chi connectivity index (χ3v) is 2.62. The minimum atomic E-state index is 0.447. The quantitative estimate of drug-likeness (QED) is 0.748. The molecule has 0 amide bonds. The predicted octanol–water partition coefficient (Wildman–Crippen LogP) is 2.60. The molecule has 0 aliphatic carbocycles. The van der Waals surface area contributed by atoms with E-state index in [0.29, 0.717) is 12.0 Å². The third-order valence-electron chi connectivity index (χ3n) is 2.62. The molecule has 1 aromatic heterocycles. The summed E-state index contributed by atoms with van der Waals surface area (Å²) in [6, 6.07) is 0.503. The molecule has 1 heterocycles. The van der Waals surface area contributed by atoms with Gasteiger partial charge in [-0.05, 0) is 6.42 Å². The number of aromatic nitrogens is 2. The zero-order valence-corrected chi connectivity index (χ0v) is 10.8. The lowest BCUT2D eigenvalue weighted by Crippen LogP contribution is -2.22. The third kappa shape index (κ3) is 3.49. The van der Waals surface area contributed by atoms with Crippen molar-refractivity contribution in [3.8, 4) is 0 Å². The van der Waals surface area contributed by atoms with Gasteiger partial charge in [0, 0.05) is 37.3 Å². The van der Waals surface area contributed by atoms with E-state index in [1.165, 1.54) is 11.3 Å². The van der Waals surface area contributed by atoms with Gasteiger partial charge in [0.25, 0.3) is 0 Å². The highest BCUT2D eigenvalue weighted by molar-refractivity contribution is 5.21. The Kier molecular flexibility index (Phi) is 4.74. The molecule has 0 saturated heterocycles. The Morgan fingerprint density at radius 1 is 1.50 bits per heavy atom. The van der Waals surface area contributed by atoms with Crippen LogP contribution in [-0.4, -0.2) is 15.8 Å². The summed E-state index contributed by atoms with van der Waals surface area (Å²) in [5, 5.41) is 7.97. The summed E-state index contributed by atoms with van der Waals surface area (Å²) in [5.41, 5.74) is 2.49. The summed E-state index contributed by atoms with van der Waals surface area (Å²) in [6.07, 6.45) is 5.04. The highest BCUT2D eigenvalue weighted by Crippen LogP contribution is 2.21. The van der Waals surface area contributed by atoms with Crippen LogP contribution in [0.5, 0.6) is 0 Å². The molecule has 0 bridgehead atoms. The maximum Gasteiger partial charge on any atom is 0.0700 e. The van der Waals surface area contributed by atoms with Gasteiger partial charge in [-0.2, -0.15) is 5.10 Å². The Morgan fingerprint density at radius 3 is 2.75 bits per heavy atom. The molecule has 1 unspecified atom stereocenters. The number of aryl methyl sites for hydroxylation is 1. The Labute approximate surface area is 98.5 Å². The maximum absolute atomic E-state index is 4.54. The second kappa shape index (κ2) is 5.85. The second-order valence-corrected chi connectivity index (χ2v) is 4.67. The number of allylic oxidation sites excluding steroid dienone is 1. The maximum atomic E-state index is 4.54. The molecule has 1 N–H and O–H groups in total. The molecule has 0 aromatic carbocycles. The largest absolute Gasteiger partial charge is 0.310 e. The number of hydrogen-bond donors (Lipinski definition) is 1. The van der Waals surface area contributed by atoms with Crippen LogP contribution in [0.1, 0.15) is 44.4 Å². The Bertz CT molecular complexity index is 339. The number of rotatable bonds is 6. The number of nitrogens with zero attached hydrogens (tertiary/aromatic N) is 2. The smallest absolute Gasteiger partial charge is 0.0700 e. The first-order chi connectivity index (χ1) is 7.54. The Morgan fingerprint density at radius 2 is 2.19 bits per heavy atom. The van der Waals surface area contributed by atoms with Crippen molar-refractivity contribution in [2.45, 2.75) is 45.7 Å². The van der Waals surface area contributed by atoms with E-state index in [-0.39, 0.29) is 0 Å². The number of nitrogens with one attached hydrogen (secondary N) is 1. The van der Waals surface area contributed by atoms with Gasteiger partial charge in [-0.25, -0.2) is 0 Å². The lowest BCUT2D eigenvalue weighted by Gasteiger charge is -2.11. The summed E-state index contributed by atoms with van der Waals surface area (Å²) in [4.78, 5) is 0. The summed E-state index contributed by atoms with van der Waals surface area (Å²) in [6.45, 7) is 11.2. The molecule has 1 atom stereocenters. The van der Waals surface area contributed by atoms with Gasteiger partial charge in [0.1, 0.15) is 0 Å². The monoisotopic (exact) mass is 221 g/mol. The Balaban J connectivity index is 2.78. The molecule has 0 radical (unpaired) electrons. The Hall–Kier alpha value is -1.09. The molecule has 0 aliphatic heterocycles. The number of hydrogen-bond acceptors (Lipinski definition) is 2. The van der Waals surface area contributed by atoms with Crippen LogP contribution >= 0.6 is 0 Å². The molecule has 0 fully saturated rings. The van der Waals surface area contributed by atoms with Crippen molar-refractivity contribution in [2.24, 2.45) is 7.05 Å². The van der Waals surface area contributed by atoms with E-state index in [9.17, 15) is 0 Å². The fourth-order valence-electron chi connectivity index (χ4n) is 1.78. The summed E-state index contributed by atoms with van der Waals surface area (Å²) in [5.74, 6) is 0.447. The van der Waals surface area contributed by atoms with Crippen molar-refractivity contribution in [1.82, 2.24) is 15.1 Å². The van der Waals surface area contributed by atoms with Crippen molar-refractivity contribution in [3.63, 3.8) is 0 Å². The van der Waals surface area contributed by atoms with Gasteiger partial charge in [-0.3, -0.25) is 4.68 Å². The zero-order valence-electron chi connectivity index (χ0n) is 10.8. The van der Waals surface area contributed by atoms with Crippen LogP contribution in [0.3, 0.4) is 0 Å². The van der Waals surface area contributed by atoms with Gasteiger partial charge in [-0.15, -0.1) is 6.58 Å². The van der Waals surface area contributed by atoms with Crippen LogP contribution in [0.15, 0.2) is 18.9 Å². The van der Waals surface area contributed by atoms with Crippen LogP contribution in [0.25, 0.3) is 0 Å². The van der Waals surface area contributed by atoms with Gasteiger partial charge in [-0.1, -0.05) is 26.8 Å². The van der Waals surface area contributed by atoms with Crippen molar-refractivity contribution >= 4 is 0 Å². The molecule has 1 rings (SSSR count). The zero-order chi connectivity index (χ0) is 12.1. The molecule has 3 heteroatoms. The van der Waals surface area contributed by atoms with Crippen LogP contribution in [0, 0.1) is 0 Å². The standard InChI is InChI=1S/C13H23N3/c1-6-7-11(4)13-12(8-14-10(2)3)9-16(5)15-13/h6,9-11,14H,1,7-8H2,2-5H3. The highest BCUT2D eigenvalue weighted by atomic mass is 15.3. The molecule has 90 valence electrons. The summed E-state index contributed by atoms with van der Waals surface area (Å²) < 4.78 is 1.90. The SMILES string of the molecule is C=CCC(C)c1nn(C)cc1CNC(C)C. The normalized spacial score (nSPS) is 13.1. The minimum absolute atomic E-state index is 0.447. The lowest BCUT2D eigenvalue weighted by atomic mass is 10.0. The topological polar surface area (TPSA) is 29.9 Å². The van der Waals surface area contributed by atoms with Crippen LogP contribution in [-0.2, 0) is 13.6 Å². The highest BCUT2D eigenvalue weighted by Gasteiger charge is 2.13. The minimum Gasteiger partial charge on any atom is -0.310 e. The van der Waals surface area contributed by atoms with E-state index in [1.807, 2.05) is 17.8 Å². The fourth-order valence-corrected chi connectivity index (χ4v) is 1.78. The van der Waals surface area contributed by atoms with Crippen molar-refractivity contribution in [3.05, 3.63) is 30.1 Å². The molecule has 0 spiro atoms. The van der Waals surface area contributed by atoms with Crippen LogP contribution in [0.2, 0.25) is 0 Å². The molecule has 3 nitrogen and oxygen atoms in total. The van der Waals surface area contributed by atoms with Gasteiger partial charge >= 0.3 is 0 Å². The van der Waals surface area contributed by atoms with E-state index in [4.69, 9.17) is 0 Å². The average Bonchev–Trinajstić information content (AvgIpc) is 2.57. The van der Waals surface area contributed by atoms with E-state index in [2.05, 4.69) is 44.0 Å². The predicted molar refractivity (Wildman–Crippen MR) is 68.4 cm³/mol. The fraction of sp³-hybridized carbons (Fsp3) is 0.615. The van der Waals surface area contributed by atoms with Crippen molar-refractivity contribution < 1.29 is 0 Å². The summed E-state index contributed by atoms with van der Waals surface area (Å²) in [7, 11) is 1.98. The lowest BCUT2D eigenvalue weighted by molar-refractivity contribution is 0.582. The average molecular weight is 221 g/mol. The van der Waals surface area contributed by atoms with Gasteiger partial charge in [0.15, 0.2) is 0 Å². The van der Waals surface area contributed by atoms with Crippen LogP contribution in [0.4, 0.5) is 0 Å². The molecular weight excluding hydrogens is 198 g/mol. The van der Waals surface area contributed by atoms with E-state index >= 15 is 0 Å². The van der Waals surface area contributed by atoms with E-state index in [1.54, 1.807) is 0 Å². The van der Waals surface area contributed by atoms with Crippen molar-refractivity contribution in [2.75, 3.05) is 0 Å². The molecule has 0 saturated carbocycles. The summed E-state index contributed by atoms with van der Waals surface area (Å²) >= 11 is 0. The van der Waals surface area contributed by atoms with E-state index < -0.39 is 0 Å². The van der Waals surface area contributed by atoms with Gasteiger partial charge in [0.05, 0.1) is 5.69 Å². The van der Waals surface area contributed by atoms with Gasteiger partial charge < -0.3 is 5.32 Å². The second-order valence-electron chi connectivity index (χ2n) is 4.67. The first-order valence-electron chi connectivity index (χ1n) is 5.91.